The van der Waals surface area contributed by atoms with Gasteiger partial charge in [0.2, 0.25) is 5.91 Å². The van der Waals surface area contributed by atoms with Gasteiger partial charge in [0.25, 0.3) is 0 Å². The quantitative estimate of drug-likeness (QED) is 0.576. The largest absolute Gasteiger partial charge is 0.388 e. The van der Waals surface area contributed by atoms with E-state index in [1.54, 1.807) is 0 Å². The Hall–Kier alpha value is -0.650. The van der Waals surface area contributed by atoms with E-state index in [0.29, 0.717) is 18.9 Å². The van der Waals surface area contributed by atoms with Crippen LogP contribution in [0.15, 0.2) is 0 Å². The van der Waals surface area contributed by atoms with Gasteiger partial charge in [-0.15, -0.1) is 0 Å². The number of aliphatic hydroxyl groups excluding tert-OH is 1. The van der Waals surface area contributed by atoms with Crippen LogP contribution in [0.3, 0.4) is 0 Å². The number of aliphatic hydroxyl groups is 1. The summed E-state index contributed by atoms with van der Waals surface area (Å²) in [6.45, 7) is 4.67. The normalized spacial score (nSPS) is 28.1. The van der Waals surface area contributed by atoms with Gasteiger partial charge in [0.1, 0.15) is 0 Å². The molecule has 0 unspecified atom stereocenters. The summed E-state index contributed by atoms with van der Waals surface area (Å²) in [6, 6.07) is -0.812. The summed E-state index contributed by atoms with van der Waals surface area (Å²) in [5.41, 5.74) is 5.71. The van der Waals surface area contributed by atoms with Crippen molar-refractivity contribution in [3.05, 3.63) is 0 Å². The van der Waals surface area contributed by atoms with Crippen molar-refractivity contribution in [1.82, 2.24) is 5.32 Å². The molecule has 5 heteroatoms. The summed E-state index contributed by atoms with van der Waals surface area (Å²) in [5, 5.41) is 12.1. The molecule has 88 valence electrons. The highest BCUT2D eigenvalue weighted by atomic mass is 16.5. The molecule has 0 radical (unpaired) electrons. The maximum atomic E-state index is 11.6. The molecule has 15 heavy (non-hydrogen) atoms. The number of hydrogen-bond acceptors (Lipinski definition) is 4. The van der Waals surface area contributed by atoms with E-state index in [0.717, 1.165) is 0 Å². The molecule has 0 bridgehead atoms. The van der Waals surface area contributed by atoms with Crippen LogP contribution in [0.25, 0.3) is 0 Å². The highest BCUT2D eigenvalue weighted by Gasteiger charge is 2.29. The van der Waals surface area contributed by atoms with Gasteiger partial charge in [0.15, 0.2) is 0 Å². The van der Waals surface area contributed by atoms with Crippen molar-refractivity contribution < 1.29 is 14.6 Å². The van der Waals surface area contributed by atoms with Gasteiger partial charge in [-0.05, 0) is 12.3 Å². The molecule has 0 aromatic rings. The molecule has 1 aliphatic rings. The molecule has 1 aliphatic heterocycles. The van der Waals surface area contributed by atoms with Gasteiger partial charge in [-0.3, -0.25) is 4.79 Å². The Balaban J connectivity index is 2.34. The van der Waals surface area contributed by atoms with E-state index in [1.807, 2.05) is 13.8 Å². The Kier molecular flexibility index (Phi) is 4.50. The van der Waals surface area contributed by atoms with E-state index in [1.165, 1.54) is 0 Å². The first kappa shape index (κ1) is 12.4. The Labute approximate surface area is 90.0 Å². The number of hydrogen-bond donors (Lipinski definition) is 3. The van der Waals surface area contributed by atoms with E-state index in [4.69, 9.17) is 10.5 Å². The summed E-state index contributed by atoms with van der Waals surface area (Å²) in [6.07, 6.45) is 0.0374. The average Bonchev–Trinajstić information content (AvgIpc) is 2.50. The fourth-order valence-electron chi connectivity index (χ4n) is 1.59. The smallest absolute Gasteiger partial charge is 0.237 e. The number of carbonyl (C=O) groups excluding carboxylic acids is 1. The zero-order valence-electron chi connectivity index (χ0n) is 9.27. The van der Waals surface area contributed by atoms with Crippen LogP contribution in [-0.2, 0) is 9.53 Å². The lowest BCUT2D eigenvalue weighted by Crippen LogP contribution is -2.49. The Morgan fingerprint density at radius 3 is 2.73 bits per heavy atom. The van der Waals surface area contributed by atoms with Crippen molar-refractivity contribution in [3.8, 4) is 0 Å². The van der Waals surface area contributed by atoms with Crippen LogP contribution in [0, 0.1) is 5.92 Å². The van der Waals surface area contributed by atoms with Crippen LogP contribution in [0.5, 0.6) is 0 Å². The minimum absolute atomic E-state index is 0.210. The Morgan fingerprint density at radius 1 is 1.60 bits per heavy atom. The van der Waals surface area contributed by atoms with E-state index in [2.05, 4.69) is 5.32 Å². The number of nitrogens with one attached hydrogen (secondary N) is 1. The minimum Gasteiger partial charge on any atom is -0.388 e. The minimum atomic E-state index is -0.611. The predicted molar refractivity (Wildman–Crippen MR) is 56.2 cm³/mol. The van der Waals surface area contributed by atoms with Gasteiger partial charge >= 0.3 is 0 Å². The van der Waals surface area contributed by atoms with Crippen molar-refractivity contribution in [2.45, 2.75) is 38.5 Å². The van der Waals surface area contributed by atoms with Gasteiger partial charge in [-0.25, -0.2) is 0 Å². The second-order valence-corrected chi connectivity index (χ2v) is 4.46. The number of rotatable bonds is 4. The lowest BCUT2D eigenvalue weighted by atomic mass is 10.0. The van der Waals surface area contributed by atoms with Crippen LogP contribution in [0.2, 0.25) is 0 Å². The summed E-state index contributed by atoms with van der Waals surface area (Å²) in [4.78, 5) is 11.6. The number of amides is 1. The zero-order chi connectivity index (χ0) is 11.4. The summed E-state index contributed by atoms with van der Waals surface area (Å²) < 4.78 is 5.03. The van der Waals surface area contributed by atoms with Crippen molar-refractivity contribution in [3.63, 3.8) is 0 Å². The Bertz CT molecular complexity index is 221. The molecular weight excluding hydrogens is 196 g/mol. The third-order valence-corrected chi connectivity index (χ3v) is 2.44. The van der Waals surface area contributed by atoms with Gasteiger partial charge < -0.3 is 20.9 Å². The number of ether oxygens (including phenoxy) is 1. The lowest BCUT2D eigenvalue weighted by molar-refractivity contribution is -0.123. The third-order valence-electron chi connectivity index (χ3n) is 2.44. The van der Waals surface area contributed by atoms with Gasteiger partial charge in [0, 0.05) is 0 Å². The molecule has 0 aromatic carbocycles. The molecule has 1 heterocycles. The van der Waals surface area contributed by atoms with Crippen molar-refractivity contribution in [1.29, 1.82) is 0 Å². The lowest BCUT2D eigenvalue weighted by Gasteiger charge is -2.19. The maximum Gasteiger partial charge on any atom is 0.237 e. The third kappa shape index (κ3) is 3.77. The fourth-order valence-corrected chi connectivity index (χ4v) is 1.59. The van der Waals surface area contributed by atoms with Gasteiger partial charge in [-0.1, -0.05) is 13.8 Å². The first-order chi connectivity index (χ1) is 7.00. The first-order valence-electron chi connectivity index (χ1n) is 5.32. The van der Waals surface area contributed by atoms with E-state index >= 15 is 0 Å². The van der Waals surface area contributed by atoms with Gasteiger partial charge in [-0.2, -0.15) is 0 Å². The molecule has 5 nitrogen and oxygen atoms in total. The van der Waals surface area contributed by atoms with Crippen LogP contribution in [0.1, 0.15) is 20.3 Å². The summed E-state index contributed by atoms with van der Waals surface area (Å²) in [7, 11) is 0. The molecule has 1 amide bonds. The molecule has 0 aromatic heterocycles. The standard InChI is InChI=1S/C10H20N2O3/c1-6(2)3-7(11)10(14)12-8-4-15-5-9(8)13/h6-9,13H,3-5,11H2,1-2H3,(H,12,14)/t7-,8-,9-/m0/s1. The molecule has 3 atom stereocenters. The van der Waals surface area contributed by atoms with Crippen molar-refractivity contribution in [2.24, 2.45) is 11.7 Å². The van der Waals surface area contributed by atoms with Crippen molar-refractivity contribution >= 4 is 5.91 Å². The molecule has 0 aliphatic carbocycles. The molecular formula is C10H20N2O3. The monoisotopic (exact) mass is 216 g/mol. The maximum absolute atomic E-state index is 11.6. The van der Waals surface area contributed by atoms with Crippen LogP contribution < -0.4 is 11.1 Å². The van der Waals surface area contributed by atoms with Crippen LogP contribution in [-0.4, -0.2) is 42.4 Å². The molecule has 0 spiro atoms. The molecule has 0 saturated carbocycles. The second kappa shape index (κ2) is 5.44. The Morgan fingerprint density at radius 2 is 2.27 bits per heavy atom. The molecule has 4 N–H and O–H groups in total. The first-order valence-corrected chi connectivity index (χ1v) is 5.32. The highest BCUT2D eigenvalue weighted by molar-refractivity contribution is 5.81. The molecule has 1 saturated heterocycles. The van der Waals surface area contributed by atoms with Crippen LogP contribution in [0.4, 0.5) is 0 Å². The number of nitrogens with two attached hydrogens (primary N) is 1. The summed E-state index contributed by atoms with van der Waals surface area (Å²) >= 11 is 0. The average molecular weight is 216 g/mol. The van der Waals surface area contributed by atoms with Crippen molar-refractivity contribution in [2.75, 3.05) is 13.2 Å². The topological polar surface area (TPSA) is 84.6 Å². The van der Waals surface area contributed by atoms with Gasteiger partial charge in [0.05, 0.1) is 31.4 Å². The van der Waals surface area contributed by atoms with E-state index in [-0.39, 0.29) is 18.6 Å². The zero-order valence-corrected chi connectivity index (χ0v) is 9.27. The van der Waals surface area contributed by atoms with E-state index < -0.39 is 12.1 Å². The molecule has 1 fully saturated rings. The fraction of sp³-hybridized carbons (Fsp3) is 0.900. The van der Waals surface area contributed by atoms with Crippen LogP contribution >= 0.6 is 0 Å². The molecule has 1 rings (SSSR count). The SMILES string of the molecule is CC(C)C[C@H](N)C(=O)N[C@H]1COC[C@@H]1O. The highest BCUT2D eigenvalue weighted by Crippen LogP contribution is 2.07. The predicted octanol–water partition coefficient (Wildman–Crippen LogP) is -0.764. The van der Waals surface area contributed by atoms with E-state index in [9.17, 15) is 9.90 Å². The summed E-state index contributed by atoms with van der Waals surface area (Å²) in [5.74, 6) is 0.175. The second-order valence-electron chi connectivity index (χ2n) is 4.46. The number of carbonyl (C=O) groups is 1.